The normalized spacial score (nSPS) is 12.1. The summed E-state index contributed by atoms with van der Waals surface area (Å²) in [5.41, 5.74) is 10.6. The molecule has 0 bridgehead atoms. The second kappa shape index (κ2) is 14.6. The highest BCUT2D eigenvalue weighted by molar-refractivity contribution is 6.24. The van der Waals surface area contributed by atoms with E-state index in [9.17, 15) is 0 Å². The highest BCUT2D eigenvalue weighted by Gasteiger charge is 2.26. The maximum absolute atomic E-state index is 6.72. The number of rotatable bonds is 5. The van der Waals surface area contributed by atoms with Crippen LogP contribution in [0.15, 0.2) is 229 Å². The van der Waals surface area contributed by atoms with Gasteiger partial charge in [-0.1, -0.05) is 158 Å². The molecule has 0 unspecified atom stereocenters. The van der Waals surface area contributed by atoms with Crippen molar-refractivity contribution >= 4 is 97.9 Å². The third kappa shape index (κ3) is 5.63. The van der Waals surface area contributed by atoms with Gasteiger partial charge in [0.1, 0.15) is 11.2 Å². The van der Waals surface area contributed by atoms with Gasteiger partial charge in [0.2, 0.25) is 0 Å². The summed E-state index contributed by atoms with van der Waals surface area (Å²) < 4.78 is 11.5. The Morgan fingerprint density at radius 1 is 0.319 bits per heavy atom. The number of fused-ring (bicyclic) bond motifs is 13. The van der Waals surface area contributed by atoms with E-state index in [1.165, 1.54) is 32.3 Å². The first-order chi connectivity index (χ1) is 34.2. The van der Waals surface area contributed by atoms with E-state index in [0.29, 0.717) is 17.5 Å². The average molecular weight is 880 g/mol. The quantitative estimate of drug-likeness (QED) is 0.173. The molecule has 0 radical (unpaired) electrons. The lowest BCUT2D eigenvalue weighted by Gasteiger charge is -2.16. The number of para-hydroxylation sites is 3. The molecule has 0 saturated heterocycles. The Labute approximate surface area is 394 Å². The Bertz CT molecular complexity index is 4620. The van der Waals surface area contributed by atoms with E-state index in [1.807, 2.05) is 12.1 Å². The zero-order valence-corrected chi connectivity index (χ0v) is 37.0. The SMILES string of the molecule is c1ccc(-n2c3ccccc3c3c(-c4nc(-c5ccc6ccccc6c5)nc(-c5c(-n6c7cc8ccccc8cc7c7c8ccccc8ccc76)ccc6oc7ccccc7c56)n4)cccc32)cc1. The summed E-state index contributed by atoms with van der Waals surface area (Å²) in [6.45, 7) is 0. The van der Waals surface area contributed by atoms with Crippen molar-refractivity contribution in [3.63, 3.8) is 0 Å². The Morgan fingerprint density at radius 2 is 0.957 bits per heavy atom. The molecule has 15 rings (SSSR count). The highest BCUT2D eigenvalue weighted by atomic mass is 16.3. The fourth-order valence-electron chi connectivity index (χ4n) is 11.1. The van der Waals surface area contributed by atoms with Crippen molar-refractivity contribution in [1.29, 1.82) is 0 Å². The van der Waals surface area contributed by atoms with Gasteiger partial charge in [-0.2, -0.15) is 0 Å². The molecule has 15 aromatic rings. The molecule has 0 saturated carbocycles. The number of furan rings is 1. The van der Waals surface area contributed by atoms with Crippen molar-refractivity contribution in [3.05, 3.63) is 224 Å². The van der Waals surface area contributed by atoms with Crippen molar-refractivity contribution in [2.45, 2.75) is 0 Å². The maximum Gasteiger partial charge on any atom is 0.166 e. The number of benzene rings is 11. The van der Waals surface area contributed by atoms with E-state index >= 15 is 0 Å². The summed E-state index contributed by atoms with van der Waals surface area (Å²) in [6, 6.07) is 79.7. The standard InChI is InChI=1S/C63H37N5O/c1-2-20-44(21-3-1)67-50-26-12-10-23-46(50)58-48(25-14-27-51(58)67)62-64-61(43-30-29-38-15-4-5-17-40(38)35-43)65-63(66-62)60-53(33-34-56-59(60)47-24-11-13-28-55(47)69-56)68-52-32-31-39-16-8-9-22-45(39)57(52)49-36-41-18-6-7-19-42(41)37-54(49)68/h1-37H. The molecule has 0 spiro atoms. The van der Waals surface area contributed by atoms with Gasteiger partial charge in [0.25, 0.3) is 0 Å². The molecule has 6 heteroatoms. The van der Waals surface area contributed by atoms with Gasteiger partial charge in [0.15, 0.2) is 17.5 Å². The largest absolute Gasteiger partial charge is 0.456 e. The van der Waals surface area contributed by atoms with Crippen molar-refractivity contribution in [1.82, 2.24) is 24.1 Å². The number of nitrogens with zero attached hydrogens (tertiary/aromatic N) is 5. The summed E-state index contributed by atoms with van der Waals surface area (Å²) in [5, 5.41) is 13.5. The van der Waals surface area contributed by atoms with Gasteiger partial charge in [-0.15, -0.1) is 0 Å². The number of aromatic nitrogens is 5. The average Bonchev–Trinajstić information content (AvgIpc) is 4.07. The Hall–Kier alpha value is -9.39. The molecular formula is C63H37N5O. The van der Waals surface area contributed by atoms with E-state index in [4.69, 9.17) is 19.4 Å². The zero-order chi connectivity index (χ0) is 45.2. The van der Waals surface area contributed by atoms with Crippen LogP contribution in [0, 0.1) is 0 Å². The Morgan fingerprint density at radius 3 is 1.81 bits per heavy atom. The van der Waals surface area contributed by atoms with E-state index < -0.39 is 0 Å². The van der Waals surface area contributed by atoms with Crippen LogP contribution in [0.25, 0.3) is 143 Å². The summed E-state index contributed by atoms with van der Waals surface area (Å²) in [6.07, 6.45) is 0. The molecule has 0 N–H and O–H groups in total. The van der Waals surface area contributed by atoms with Crippen LogP contribution in [0.5, 0.6) is 0 Å². The minimum absolute atomic E-state index is 0.552. The minimum atomic E-state index is 0.552. The maximum atomic E-state index is 6.72. The van der Waals surface area contributed by atoms with E-state index in [1.54, 1.807) is 0 Å². The summed E-state index contributed by atoms with van der Waals surface area (Å²) in [4.78, 5) is 16.7. The van der Waals surface area contributed by atoms with Crippen molar-refractivity contribution in [2.24, 2.45) is 0 Å². The van der Waals surface area contributed by atoms with Crippen molar-refractivity contribution in [3.8, 4) is 45.5 Å². The fourth-order valence-corrected chi connectivity index (χ4v) is 11.1. The van der Waals surface area contributed by atoms with Crippen LogP contribution in [0.3, 0.4) is 0 Å². The first-order valence-corrected chi connectivity index (χ1v) is 23.3. The molecule has 69 heavy (non-hydrogen) atoms. The topological polar surface area (TPSA) is 61.7 Å². The lowest BCUT2D eigenvalue weighted by molar-refractivity contribution is 0.669. The Balaban J connectivity index is 1.10. The third-order valence-corrected chi connectivity index (χ3v) is 14.1. The highest BCUT2D eigenvalue weighted by Crippen LogP contribution is 2.46. The first kappa shape index (κ1) is 37.8. The molecular weight excluding hydrogens is 843 g/mol. The van der Waals surface area contributed by atoms with E-state index in [-0.39, 0.29) is 0 Å². The number of hydrogen-bond acceptors (Lipinski definition) is 4. The molecule has 0 amide bonds. The minimum Gasteiger partial charge on any atom is -0.456 e. The molecule has 4 aromatic heterocycles. The van der Waals surface area contributed by atoms with Gasteiger partial charge in [0.05, 0.1) is 33.3 Å². The predicted octanol–water partition coefficient (Wildman–Crippen LogP) is 16.4. The molecule has 0 aliphatic heterocycles. The summed E-state index contributed by atoms with van der Waals surface area (Å²) in [7, 11) is 0. The van der Waals surface area contributed by atoms with E-state index in [0.717, 1.165) is 93.6 Å². The van der Waals surface area contributed by atoms with Gasteiger partial charge in [-0.25, -0.2) is 15.0 Å². The van der Waals surface area contributed by atoms with Crippen LogP contribution in [0.1, 0.15) is 0 Å². The Kier molecular flexibility index (Phi) is 7.97. The molecule has 0 aliphatic carbocycles. The molecule has 0 fully saturated rings. The van der Waals surface area contributed by atoms with Gasteiger partial charge in [-0.05, 0) is 99.0 Å². The van der Waals surface area contributed by atoms with Crippen molar-refractivity contribution in [2.75, 3.05) is 0 Å². The molecule has 6 nitrogen and oxygen atoms in total. The van der Waals surface area contributed by atoms with Crippen LogP contribution in [-0.2, 0) is 0 Å². The van der Waals surface area contributed by atoms with Crippen LogP contribution >= 0.6 is 0 Å². The van der Waals surface area contributed by atoms with Gasteiger partial charge >= 0.3 is 0 Å². The summed E-state index contributed by atoms with van der Waals surface area (Å²) >= 11 is 0. The molecule has 0 atom stereocenters. The summed E-state index contributed by atoms with van der Waals surface area (Å²) in [5.74, 6) is 1.72. The molecule has 0 aliphatic rings. The zero-order valence-electron chi connectivity index (χ0n) is 37.0. The van der Waals surface area contributed by atoms with Crippen molar-refractivity contribution < 1.29 is 4.42 Å². The van der Waals surface area contributed by atoms with Gasteiger partial charge < -0.3 is 13.6 Å². The van der Waals surface area contributed by atoms with Gasteiger partial charge in [-0.3, -0.25) is 0 Å². The molecule has 11 aromatic carbocycles. The third-order valence-electron chi connectivity index (χ3n) is 14.1. The van der Waals surface area contributed by atoms with Gasteiger partial charge in [0, 0.05) is 49.1 Å². The molecule has 320 valence electrons. The predicted molar refractivity (Wildman–Crippen MR) is 285 cm³/mol. The number of hydrogen-bond donors (Lipinski definition) is 0. The smallest absolute Gasteiger partial charge is 0.166 e. The van der Waals surface area contributed by atoms with Crippen LogP contribution in [-0.4, -0.2) is 24.1 Å². The monoisotopic (exact) mass is 879 g/mol. The second-order valence-corrected chi connectivity index (χ2v) is 17.9. The fraction of sp³-hybridized carbons (Fsp3) is 0. The first-order valence-electron chi connectivity index (χ1n) is 23.3. The van der Waals surface area contributed by atoms with Crippen LogP contribution < -0.4 is 0 Å². The van der Waals surface area contributed by atoms with Crippen LogP contribution in [0.4, 0.5) is 0 Å². The lowest BCUT2D eigenvalue weighted by atomic mass is 10.0. The lowest BCUT2D eigenvalue weighted by Crippen LogP contribution is -2.04. The van der Waals surface area contributed by atoms with Crippen LogP contribution in [0.2, 0.25) is 0 Å². The van der Waals surface area contributed by atoms with E-state index in [2.05, 4.69) is 221 Å². The second-order valence-electron chi connectivity index (χ2n) is 17.9. The molecule has 4 heterocycles.